The number of carbonyl (C=O) groups excluding carboxylic acids is 3. The van der Waals surface area contributed by atoms with Crippen molar-refractivity contribution < 1.29 is 52.7 Å². The molecule has 0 radical (unpaired) electrons. The minimum Gasteiger partial charge on any atom is -0.480 e. The molecule has 2 N–H and O–H groups in total. The summed E-state index contributed by atoms with van der Waals surface area (Å²) in [5.41, 5.74) is -0.397. The largest absolute Gasteiger partial charge is 0.480 e. The van der Waals surface area contributed by atoms with E-state index in [9.17, 15) is 24.3 Å². The minimum atomic E-state index is -1.16. The lowest BCUT2D eigenvalue weighted by Gasteiger charge is -2.36. The molecule has 3 amide bonds. The standard InChI is InChI=1S/C35H57N3O11/c1-25(37(8)33(43)49-35(5,6)7)30(39)36-29(34(2,3)4)31(40)38-23-27(22-28(38)32(41)42)48-21-20-46-17-16-44-14-15-45-18-19-47-24-26-12-10-9-11-13-26/h9-13,25,27-29H,14-24H2,1-8H3,(H,36,39)(H,41,42)/t25-,27?,28?,29+/m0/s1. The summed E-state index contributed by atoms with van der Waals surface area (Å²) in [6.07, 6.45) is -1.10. The van der Waals surface area contributed by atoms with Gasteiger partial charge in [-0.1, -0.05) is 51.1 Å². The Kier molecular flexibility index (Phi) is 17.4. The molecule has 278 valence electrons. The predicted molar refractivity (Wildman–Crippen MR) is 181 cm³/mol. The quantitative estimate of drug-likeness (QED) is 0.193. The Morgan fingerprint density at radius 1 is 0.878 bits per heavy atom. The second kappa shape index (κ2) is 20.4. The first-order valence-corrected chi connectivity index (χ1v) is 16.8. The third-order valence-corrected chi connectivity index (χ3v) is 7.68. The zero-order valence-electron chi connectivity index (χ0n) is 30.4. The molecule has 1 aliphatic heterocycles. The summed E-state index contributed by atoms with van der Waals surface area (Å²) in [4.78, 5) is 54.0. The summed E-state index contributed by atoms with van der Waals surface area (Å²) in [6.45, 7) is 15.7. The summed E-state index contributed by atoms with van der Waals surface area (Å²) >= 11 is 0. The lowest BCUT2D eigenvalue weighted by atomic mass is 9.85. The molecule has 1 aromatic rings. The van der Waals surface area contributed by atoms with Crippen molar-refractivity contribution in [3.8, 4) is 0 Å². The molecule has 14 heteroatoms. The summed E-state index contributed by atoms with van der Waals surface area (Å²) in [7, 11) is 1.44. The monoisotopic (exact) mass is 695 g/mol. The fraction of sp³-hybridized carbons (Fsp3) is 0.714. The predicted octanol–water partition coefficient (Wildman–Crippen LogP) is 3.11. The second-order valence-corrected chi connectivity index (χ2v) is 14.0. The normalized spacial score (nSPS) is 17.8. The average Bonchev–Trinajstić information content (AvgIpc) is 3.46. The molecule has 14 nitrogen and oxygen atoms in total. The minimum absolute atomic E-state index is 0.0476. The number of likely N-dealkylation sites (tertiary alicyclic amines) is 1. The third kappa shape index (κ3) is 15.4. The number of carboxylic acid groups (broad SMARTS) is 1. The molecular formula is C35H57N3O11. The van der Waals surface area contributed by atoms with Gasteiger partial charge in [0, 0.05) is 20.0 Å². The SMILES string of the molecule is C[C@@H](C(=O)N[C@H](C(=O)N1CC(OCCOCCOCCOCCOCc2ccccc2)CC1C(=O)O)C(C)(C)C)N(C)C(=O)OC(C)(C)C. The number of aliphatic carboxylic acids is 1. The molecule has 1 aromatic carbocycles. The number of rotatable bonds is 20. The van der Waals surface area contributed by atoms with Crippen LogP contribution in [0.15, 0.2) is 30.3 Å². The molecule has 2 unspecified atom stereocenters. The van der Waals surface area contributed by atoms with Gasteiger partial charge in [0.25, 0.3) is 0 Å². The highest BCUT2D eigenvalue weighted by molar-refractivity contribution is 5.93. The van der Waals surface area contributed by atoms with Gasteiger partial charge in [0.1, 0.15) is 23.7 Å². The first kappa shape index (κ1) is 41.9. The Bertz CT molecular complexity index is 1170. The zero-order chi connectivity index (χ0) is 36.6. The van der Waals surface area contributed by atoms with E-state index >= 15 is 0 Å². The van der Waals surface area contributed by atoms with E-state index in [1.165, 1.54) is 18.9 Å². The number of carboxylic acids is 1. The third-order valence-electron chi connectivity index (χ3n) is 7.68. The lowest BCUT2D eigenvalue weighted by molar-refractivity contribution is -0.151. The molecule has 0 saturated carbocycles. The van der Waals surface area contributed by atoms with Gasteiger partial charge in [-0.3, -0.25) is 14.5 Å². The van der Waals surface area contributed by atoms with Crippen LogP contribution in [0.2, 0.25) is 0 Å². The molecule has 1 heterocycles. The van der Waals surface area contributed by atoms with Gasteiger partial charge in [-0.25, -0.2) is 9.59 Å². The maximum atomic E-state index is 13.8. The summed E-state index contributed by atoms with van der Waals surface area (Å²) in [5, 5.41) is 12.7. The Labute approximate surface area is 290 Å². The molecule has 2 rings (SSSR count). The number of amides is 3. The van der Waals surface area contributed by atoms with Crippen LogP contribution in [0, 0.1) is 5.41 Å². The van der Waals surface area contributed by atoms with Crippen molar-refractivity contribution >= 4 is 23.9 Å². The van der Waals surface area contributed by atoms with Crippen molar-refractivity contribution in [3.63, 3.8) is 0 Å². The number of ether oxygens (including phenoxy) is 6. The van der Waals surface area contributed by atoms with Crippen LogP contribution in [0.1, 0.15) is 60.5 Å². The second-order valence-electron chi connectivity index (χ2n) is 14.0. The molecule has 4 atom stereocenters. The van der Waals surface area contributed by atoms with Crippen LogP contribution >= 0.6 is 0 Å². The molecule has 0 aliphatic carbocycles. The van der Waals surface area contributed by atoms with E-state index in [0.29, 0.717) is 46.2 Å². The van der Waals surface area contributed by atoms with Gasteiger partial charge in [0.05, 0.1) is 65.6 Å². The molecule has 0 bridgehead atoms. The van der Waals surface area contributed by atoms with Crippen molar-refractivity contribution in [1.29, 1.82) is 0 Å². The number of hydrogen-bond acceptors (Lipinski definition) is 10. The summed E-state index contributed by atoms with van der Waals surface area (Å²) in [6, 6.07) is 6.80. The van der Waals surface area contributed by atoms with Gasteiger partial charge >= 0.3 is 12.1 Å². The fourth-order valence-corrected chi connectivity index (χ4v) is 4.84. The molecule has 0 spiro atoms. The summed E-state index contributed by atoms with van der Waals surface area (Å²) < 4.78 is 33.4. The van der Waals surface area contributed by atoms with Crippen molar-refractivity contribution in [1.82, 2.24) is 15.1 Å². The van der Waals surface area contributed by atoms with Gasteiger partial charge in [-0.05, 0) is 38.7 Å². The Morgan fingerprint density at radius 2 is 1.41 bits per heavy atom. The van der Waals surface area contributed by atoms with Crippen molar-refractivity contribution in [2.75, 3.05) is 66.4 Å². The van der Waals surface area contributed by atoms with Crippen LogP contribution in [0.5, 0.6) is 0 Å². The fourth-order valence-electron chi connectivity index (χ4n) is 4.84. The lowest BCUT2D eigenvalue weighted by Crippen LogP contribution is -2.59. The van der Waals surface area contributed by atoms with Gasteiger partial charge in [-0.15, -0.1) is 0 Å². The van der Waals surface area contributed by atoms with Crippen LogP contribution in [0.25, 0.3) is 0 Å². The number of hydrogen-bond donors (Lipinski definition) is 2. The van der Waals surface area contributed by atoms with Crippen LogP contribution in [0.4, 0.5) is 4.79 Å². The zero-order valence-corrected chi connectivity index (χ0v) is 30.4. The van der Waals surface area contributed by atoms with Gasteiger partial charge in [0.2, 0.25) is 11.8 Å². The smallest absolute Gasteiger partial charge is 0.410 e. The first-order chi connectivity index (χ1) is 23.0. The summed E-state index contributed by atoms with van der Waals surface area (Å²) in [5.74, 6) is -2.27. The molecular weight excluding hydrogens is 638 g/mol. The van der Waals surface area contributed by atoms with E-state index in [4.69, 9.17) is 28.4 Å². The Morgan fingerprint density at radius 3 is 1.92 bits per heavy atom. The van der Waals surface area contributed by atoms with E-state index in [-0.39, 0.29) is 26.2 Å². The molecule has 49 heavy (non-hydrogen) atoms. The molecule has 1 saturated heterocycles. The highest BCUT2D eigenvalue weighted by Gasteiger charge is 2.45. The van der Waals surface area contributed by atoms with E-state index < -0.39 is 59.1 Å². The number of nitrogens with zero attached hydrogens (tertiary/aromatic N) is 2. The van der Waals surface area contributed by atoms with E-state index in [2.05, 4.69) is 5.32 Å². The maximum absolute atomic E-state index is 13.8. The number of likely N-dealkylation sites (N-methyl/N-ethyl adjacent to an activating group) is 1. The van der Waals surface area contributed by atoms with Crippen molar-refractivity contribution in [2.24, 2.45) is 5.41 Å². The first-order valence-electron chi connectivity index (χ1n) is 16.8. The van der Waals surface area contributed by atoms with Crippen LogP contribution in [-0.2, 0) is 49.4 Å². The Balaban J connectivity index is 1.72. The average molecular weight is 696 g/mol. The highest BCUT2D eigenvalue weighted by Crippen LogP contribution is 2.27. The van der Waals surface area contributed by atoms with E-state index in [1.807, 2.05) is 30.3 Å². The molecule has 1 fully saturated rings. The molecule has 0 aromatic heterocycles. The van der Waals surface area contributed by atoms with E-state index in [0.717, 1.165) is 10.5 Å². The van der Waals surface area contributed by atoms with Crippen molar-refractivity contribution in [3.05, 3.63) is 35.9 Å². The van der Waals surface area contributed by atoms with Crippen LogP contribution in [0.3, 0.4) is 0 Å². The number of benzene rings is 1. The number of nitrogens with one attached hydrogen (secondary N) is 1. The van der Waals surface area contributed by atoms with Gasteiger partial charge in [-0.2, -0.15) is 0 Å². The van der Waals surface area contributed by atoms with Gasteiger partial charge < -0.3 is 43.7 Å². The van der Waals surface area contributed by atoms with Crippen molar-refractivity contribution in [2.45, 2.75) is 91.3 Å². The van der Waals surface area contributed by atoms with Gasteiger partial charge in [0.15, 0.2) is 0 Å². The van der Waals surface area contributed by atoms with Crippen LogP contribution in [-0.4, -0.2) is 135 Å². The topological polar surface area (TPSA) is 162 Å². The maximum Gasteiger partial charge on any atom is 0.410 e. The van der Waals surface area contributed by atoms with E-state index in [1.54, 1.807) is 41.5 Å². The number of carbonyl (C=O) groups is 4. The van der Waals surface area contributed by atoms with Crippen LogP contribution < -0.4 is 5.32 Å². The highest BCUT2D eigenvalue weighted by atomic mass is 16.6. The molecule has 1 aliphatic rings. The Hall–Kier alpha value is -3.30.